The number of carbonyl (C=O) groups is 1. The van der Waals surface area contributed by atoms with Crippen LogP contribution in [0.5, 0.6) is 23.1 Å². The summed E-state index contributed by atoms with van der Waals surface area (Å²) in [5.74, 6) is 0.633. The average molecular weight is 1130 g/mol. The lowest BCUT2D eigenvalue weighted by Gasteiger charge is -2.58. The topological polar surface area (TPSA) is 184 Å². The molecule has 20 heteroatoms. The molecule has 0 bridgehead atoms. The Kier molecular flexibility index (Phi) is 16.2. The highest BCUT2D eigenvalue weighted by atomic mass is 32.2. The molecular weight excluding hydrogens is 1050 g/mol. The first-order chi connectivity index (χ1) is 39.1. The number of aromatic nitrogens is 5. The highest BCUT2D eigenvalue weighted by Gasteiger charge is 2.50. The summed E-state index contributed by atoms with van der Waals surface area (Å²) >= 11 is 0.987. The third-order valence-electron chi connectivity index (χ3n) is 17.2. The summed E-state index contributed by atoms with van der Waals surface area (Å²) in [5, 5.41) is 33.0. The van der Waals surface area contributed by atoms with Crippen molar-refractivity contribution in [2.75, 3.05) is 68.7 Å². The van der Waals surface area contributed by atoms with Gasteiger partial charge in [-0.3, -0.25) is 19.3 Å². The summed E-state index contributed by atoms with van der Waals surface area (Å²) in [6.07, 6.45) is 9.62. The quantitative estimate of drug-likeness (QED) is 0.0340. The van der Waals surface area contributed by atoms with E-state index in [2.05, 4.69) is 89.5 Å². The van der Waals surface area contributed by atoms with E-state index in [1.54, 1.807) is 16.6 Å². The number of fused-ring (bicyclic) bond motifs is 2. The van der Waals surface area contributed by atoms with Crippen molar-refractivity contribution in [3.05, 3.63) is 137 Å². The molecule has 2 saturated heterocycles. The SMILES string of the molecule is C=CC(F)Oc1ccc(CN2CCN(C3CC4(CCN(c5ccc(C(=O)NSc6cc(N(C)[O-])c(NCC7CCC(C)(O)CC7)c7ncnn67)c(Oc6cc7c(F)c[nH]c7nc6OC)c5)CC4)C3)[C@H](c3ccccc3C(C)C)C2)cc1. The molecule has 2 saturated carbocycles. The molecule has 2 aliphatic carbocycles. The monoisotopic (exact) mass is 1120 g/mol. The van der Waals surface area contributed by atoms with Crippen LogP contribution in [-0.2, 0) is 6.54 Å². The van der Waals surface area contributed by atoms with Gasteiger partial charge in [0.2, 0.25) is 0 Å². The lowest BCUT2D eigenvalue weighted by Crippen LogP contribution is -2.60. The zero-order chi connectivity index (χ0) is 56.6. The summed E-state index contributed by atoms with van der Waals surface area (Å²) < 4.78 is 50.9. The number of benzene rings is 3. The Labute approximate surface area is 475 Å². The molecule has 4 aliphatic rings. The van der Waals surface area contributed by atoms with Gasteiger partial charge in [-0.15, -0.1) is 0 Å². The number of aliphatic hydroxyl groups is 1. The molecule has 1 spiro atoms. The first-order valence-corrected chi connectivity index (χ1v) is 29.0. The van der Waals surface area contributed by atoms with Crippen LogP contribution in [-0.4, -0.2) is 117 Å². The van der Waals surface area contributed by atoms with Gasteiger partial charge < -0.3 is 44.8 Å². The minimum absolute atomic E-state index is 0.108. The van der Waals surface area contributed by atoms with E-state index in [0.717, 1.165) is 112 Å². The van der Waals surface area contributed by atoms with Crippen LogP contribution in [0.2, 0.25) is 0 Å². The molecule has 2 aliphatic heterocycles. The van der Waals surface area contributed by atoms with Crippen LogP contribution in [0.1, 0.15) is 111 Å². The molecule has 4 aromatic heterocycles. The number of H-pyrrole nitrogens is 1. The highest BCUT2D eigenvalue weighted by molar-refractivity contribution is 7.97. The summed E-state index contributed by atoms with van der Waals surface area (Å²) in [6.45, 7) is 15.7. The second-order valence-electron chi connectivity index (χ2n) is 23.1. The van der Waals surface area contributed by atoms with Crippen molar-refractivity contribution in [2.24, 2.45) is 11.3 Å². The van der Waals surface area contributed by atoms with Crippen molar-refractivity contribution in [2.45, 2.75) is 114 Å². The predicted octanol–water partition coefficient (Wildman–Crippen LogP) is 11.6. The largest absolute Gasteiger partial charge is 0.758 e. The Morgan fingerprint density at radius 2 is 1.79 bits per heavy atom. The second kappa shape index (κ2) is 23.5. The fourth-order valence-electron chi connectivity index (χ4n) is 12.6. The van der Waals surface area contributed by atoms with Gasteiger partial charge in [-0.1, -0.05) is 56.8 Å². The number of piperazine rings is 1. The second-order valence-corrected chi connectivity index (χ2v) is 23.9. The lowest BCUT2D eigenvalue weighted by atomic mass is 9.59. The summed E-state index contributed by atoms with van der Waals surface area (Å²) in [5.41, 5.74) is 6.15. The molecule has 1 unspecified atom stereocenters. The third-order valence-corrected chi connectivity index (χ3v) is 18.0. The van der Waals surface area contributed by atoms with Gasteiger partial charge in [0.05, 0.1) is 29.3 Å². The van der Waals surface area contributed by atoms with E-state index in [1.807, 2.05) is 43.3 Å². The number of piperidine rings is 1. The minimum Gasteiger partial charge on any atom is -0.758 e. The van der Waals surface area contributed by atoms with E-state index >= 15 is 4.39 Å². The van der Waals surface area contributed by atoms with Crippen LogP contribution in [0.15, 0.2) is 109 Å². The van der Waals surface area contributed by atoms with Crippen molar-refractivity contribution in [3.63, 3.8) is 0 Å². The molecule has 4 fully saturated rings. The molecule has 1 amide bonds. The lowest BCUT2D eigenvalue weighted by molar-refractivity contribution is -0.0628. The maximum atomic E-state index is 15.0. The number of aromatic amines is 1. The van der Waals surface area contributed by atoms with Crippen LogP contribution in [0.4, 0.5) is 25.8 Å². The standard InChI is InChI=1S/C61H72F2N11O6S/c1-7-53(63)79-43-15-12-40(13-16-43)35-71-26-27-73(50(36-71)45-11-9-8-10-44(45)38(2)3)42-31-61(32-42)22-24-72(25-23-61)41-14-17-46(51(28-41)80-52-29-47-48(62)34-65-56(47)68-59(52)78-6)58(75)69-81-54-30-49(70(5)77)55(57-66-37-67-74(54)57)64-33-39-18-20-60(4,76)21-19-39/h7-17,28-30,34,37-39,42,50,53,64,76H,1,18-27,31-33,35-36H2,2-6H3,(H,65,68)(H,69,75)/q-1/t39?,50-,53?,60?/m0/s1. The van der Waals surface area contributed by atoms with Crippen LogP contribution in [0.25, 0.3) is 16.7 Å². The number of hydroxylamine groups is 1. The van der Waals surface area contributed by atoms with Crippen molar-refractivity contribution >= 4 is 51.6 Å². The predicted molar refractivity (Wildman–Crippen MR) is 313 cm³/mol. The van der Waals surface area contributed by atoms with Crippen LogP contribution in [0, 0.1) is 22.4 Å². The summed E-state index contributed by atoms with van der Waals surface area (Å²) in [6, 6.07) is 26.0. The van der Waals surface area contributed by atoms with Crippen LogP contribution >= 0.6 is 11.9 Å². The normalized spacial score (nSPS) is 21.0. The molecule has 11 rings (SSSR count). The number of alkyl halides is 1. The number of anilines is 3. The fraction of sp³-hybridized carbons (Fsp3) is 0.443. The number of nitrogens with zero attached hydrogens (tertiary/aromatic N) is 8. The van der Waals surface area contributed by atoms with E-state index in [9.17, 15) is 19.5 Å². The van der Waals surface area contributed by atoms with Gasteiger partial charge >= 0.3 is 0 Å². The van der Waals surface area contributed by atoms with E-state index in [-0.39, 0.29) is 39.8 Å². The number of rotatable bonds is 19. The maximum Gasteiger partial charge on any atom is 0.265 e. The minimum atomic E-state index is -1.55. The number of amides is 1. The molecule has 17 nitrogen and oxygen atoms in total. The zero-order valence-corrected chi connectivity index (χ0v) is 47.5. The van der Waals surface area contributed by atoms with Gasteiger partial charge in [-0.05, 0) is 136 Å². The third kappa shape index (κ3) is 12.0. The Hall–Kier alpha value is -6.97. The molecule has 4 N–H and O–H groups in total. The number of halogens is 2. The van der Waals surface area contributed by atoms with Gasteiger partial charge in [0.1, 0.15) is 40.0 Å². The Bertz CT molecular complexity index is 3370. The van der Waals surface area contributed by atoms with Crippen molar-refractivity contribution < 1.29 is 32.9 Å². The maximum absolute atomic E-state index is 15.0. The number of hydrogen-bond acceptors (Lipinski definition) is 15. The van der Waals surface area contributed by atoms with E-state index < -0.39 is 23.7 Å². The molecule has 6 heterocycles. The average Bonchev–Trinajstić information content (AvgIpc) is 4.16. The van der Waals surface area contributed by atoms with E-state index in [1.165, 1.54) is 43.9 Å². The van der Waals surface area contributed by atoms with Crippen LogP contribution in [0.3, 0.4) is 0 Å². The molecule has 3 aromatic carbocycles. The van der Waals surface area contributed by atoms with E-state index in [0.29, 0.717) is 70.7 Å². The smallest absolute Gasteiger partial charge is 0.265 e. The molecule has 0 radical (unpaired) electrons. The van der Waals surface area contributed by atoms with E-state index in [4.69, 9.17) is 14.2 Å². The Balaban J connectivity index is 0.795. The fourth-order valence-corrected chi connectivity index (χ4v) is 13.3. The first-order valence-electron chi connectivity index (χ1n) is 28.1. The van der Waals surface area contributed by atoms with Crippen molar-refractivity contribution in [3.8, 4) is 23.1 Å². The number of methoxy groups -OCH3 is 1. The molecule has 428 valence electrons. The van der Waals surface area contributed by atoms with Crippen LogP contribution < -0.4 is 34.2 Å². The Morgan fingerprint density at radius 1 is 1.02 bits per heavy atom. The van der Waals surface area contributed by atoms with Crippen molar-refractivity contribution in [1.82, 2.24) is 39.1 Å². The number of hydrogen-bond donors (Lipinski definition) is 4. The first kappa shape index (κ1) is 55.9. The number of carbonyl (C=O) groups excluding carboxylic acids is 1. The van der Waals surface area contributed by atoms with Gasteiger partial charge in [0.15, 0.2) is 11.4 Å². The molecule has 7 aromatic rings. The zero-order valence-electron chi connectivity index (χ0n) is 46.7. The van der Waals surface area contributed by atoms with Crippen molar-refractivity contribution in [1.29, 1.82) is 0 Å². The molecule has 81 heavy (non-hydrogen) atoms. The number of pyridine rings is 2. The van der Waals surface area contributed by atoms with Gasteiger partial charge in [0, 0.05) is 93.9 Å². The Morgan fingerprint density at radius 3 is 2.52 bits per heavy atom. The van der Waals surface area contributed by atoms with Gasteiger partial charge in [0.25, 0.3) is 18.1 Å². The molecule has 2 atom stereocenters. The van der Waals surface area contributed by atoms with Gasteiger partial charge in [-0.25, -0.2) is 13.9 Å². The highest BCUT2D eigenvalue weighted by Crippen LogP contribution is 2.54. The number of nitrogens with one attached hydrogen (secondary N) is 3. The van der Waals surface area contributed by atoms with Gasteiger partial charge in [-0.2, -0.15) is 14.5 Å². The summed E-state index contributed by atoms with van der Waals surface area (Å²) in [7, 11) is 2.87. The number of ether oxygens (including phenoxy) is 3. The molecular formula is C61H72F2N11O6S-. The summed E-state index contributed by atoms with van der Waals surface area (Å²) in [4.78, 5) is 34.0.